The first-order chi connectivity index (χ1) is 15.5. The van der Waals surface area contributed by atoms with Crippen LogP contribution in [0.1, 0.15) is 24.8 Å². The maximum atomic E-state index is 13.7. The number of nitrogens with one attached hydrogen (secondary N) is 1. The fraction of sp³-hybridized carbons (Fsp3) is 0.154. The predicted octanol–water partition coefficient (Wildman–Crippen LogP) is 4.90. The smallest absolute Gasteiger partial charge is 0.417 e. The third kappa shape index (κ3) is 2.77. The molecule has 32 heavy (non-hydrogen) atoms. The van der Waals surface area contributed by atoms with Crippen LogP contribution in [0.4, 0.5) is 0 Å². The van der Waals surface area contributed by atoms with Crippen molar-refractivity contribution in [1.82, 2.24) is 4.98 Å². The van der Waals surface area contributed by atoms with Gasteiger partial charge in [-0.3, -0.25) is 9.78 Å². The summed E-state index contributed by atoms with van der Waals surface area (Å²) in [4.78, 5) is 28.1. The Balaban J connectivity index is 1.64. The maximum Gasteiger partial charge on any atom is 0.417 e. The summed E-state index contributed by atoms with van der Waals surface area (Å²) in [5, 5.41) is 0.355. The number of oxazole rings is 1. The molecule has 1 saturated carbocycles. The molecule has 1 aliphatic rings. The highest BCUT2D eigenvalue weighted by Gasteiger charge is 2.34. The summed E-state index contributed by atoms with van der Waals surface area (Å²) in [6, 6.07) is 20.6. The van der Waals surface area contributed by atoms with Crippen molar-refractivity contribution >= 4 is 22.1 Å². The maximum absolute atomic E-state index is 13.7. The van der Waals surface area contributed by atoms with Gasteiger partial charge in [-0.15, -0.1) is 0 Å². The zero-order chi connectivity index (χ0) is 21.9. The Morgan fingerprint density at radius 3 is 2.25 bits per heavy atom. The van der Waals surface area contributed by atoms with Gasteiger partial charge in [0, 0.05) is 11.1 Å². The van der Waals surface area contributed by atoms with E-state index >= 15 is 0 Å². The van der Waals surface area contributed by atoms with E-state index in [0.717, 1.165) is 36.0 Å². The van der Waals surface area contributed by atoms with Crippen molar-refractivity contribution in [2.45, 2.75) is 24.8 Å². The van der Waals surface area contributed by atoms with Crippen LogP contribution in [0.25, 0.3) is 44.5 Å². The molecule has 6 rings (SSSR count). The van der Waals surface area contributed by atoms with Gasteiger partial charge < -0.3 is 14.6 Å². The van der Waals surface area contributed by atoms with Crippen molar-refractivity contribution in [1.29, 1.82) is 0 Å². The van der Waals surface area contributed by atoms with Crippen molar-refractivity contribution in [3.05, 3.63) is 93.1 Å². The van der Waals surface area contributed by atoms with Crippen molar-refractivity contribution in [3.63, 3.8) is 0 Å². The number of H-pyrrole nitrogens is 1. The molecule has 0 bridgehead atoms. The summed E-state index contributed by atoms with van der Waals surface area (Å²) in [7, 11) is 0. The highest BCUT2D eigenvalue weighted by Crippen LogP contribution is 2.40. The van der Waals surface area contributed by atoms with E-state index in [2.05, 4.69) is 4.98 Å². The SMILES string of the molecule is NC1(c2ccc(-c3c(-c4ccccc4)oc4c(ccc5[nH]c(=O)oc54)c3=O)cc2)CCC1. The Bertz CT molecular complexity index is 1590. The first-order valence-corrected chi connectivity index (χ1v) is 10.6. The first kappa shape index (κ1) is 18.8. The molecule has 0 aliphatic heterocycles. The minimum absolute atomic E-state index is 0.185. The minimum atomic E-state index is -0.595. The van der Waals surface area contributed by atoms with Crippen LogP contribution in [0.2, 0.25) is 0 Å². The Labute approximate surface area is 182 Å². The highest BCUT2D eigenvalue weighted by atomic mass is 16.4. The number of hydrogen-bond donors (Lipinski definition) is 2. The van der Waals surface area contributed by atoms with E-state index in [1.165, 1.54) is 0 Å². The molecule has 6 nitrogen and oxygen atoms in total. The van der Waals surface area contributed by atoms with Gasteiger partial charge in [-0.05, 0) is 42.5 Å². The van der Waals surface area contributed by atoms with Gasteiger partial charge in [-0.2, -0.15) is 0 Å². The lowest BCUT2D eigenvalue weighted by Gasteiger charge is -2.38. The number of aromatic nitrogens is 1. The van der Waals surface area contributed by atoms with Gasteiger partial charge in [0.25, 0.3) is 0 Å². The lowest BCUT2D eigenvalue weighted by Crippen LogP contribution is -2.43. The number of rotatable bonds is 3. The molecule has 158 valence electrons. The Kier molecular flexibility index (Phi) is 4.00. The summed E-state index contributed by atoms with van der Waals surface area (Å²) >= 11 is 0. The second kappa shape index (κ2) is 6.80. The van der Waals surface area contributed by atoms with Gasteiger partial charge in [0.1, 0.15) is 5.76 Å². The summed E-state index contributed by atoms with van der Waals surface area (Å²) in [6.45, 7) is 0. The molecular weight excluding hydrogens is 404 g/mol. The summed E-state index contributed by atoms with van der Waals surface area (Å²) in [5.74, 6) is -0.166. The van der Waals surface area contributed by atoms with Crippen molar-refractivity contribution in [2.24, 2.45) is 5.73 Å². The Hall–Kier alpha value is -3.90. The Morgan fingerprint density at radius 2 is 1.56 bits per heavy atom. The second-order valence-electron chi connectivity index (χ2n) is 8.42. The largest absolute Gasteiger partial charge is 0.451 e. The van der Waals surface area contributed by atoms with Gasteiger partial charge in [-0.1, -0.05) is 54.6 Å². The van der Waals surface area contributed by atoms with Crippen LogP contribution < -0.4 is 16.9 Å². The molecule has 5 aromatic rings. The van der Waals surface area contributed by atoms with Crippen LogP contribution in [-0.4, -0.2) is 4.98 Å². The van der Waals surface area contributed by atoms with Crippen LogP contribution in [0, 0.1) is 0 Å². The van der Waals surface area contributed by atoms with Gasteiger partial charge in [0.2, 0.25) is 5.43 Å². The monoisotopic (exact) mass is 424 g/mol. The molecule has 1 fully saturated rings. The molecule has 0 atom stereocenters. The molecule has 6 heteroatoms. The second-order valence-corrected chi connectivity index (χ2v) is 8.42. The van der Waals surface area contributed by atoms with E-state index in [4.69, 9.17) is 14.6 Å². The molecule has 1 aliphatic carbocycles. The third-order valence-electron chi connectivity index (χ3n) is 6.48. The molecule has 0 unspecified atom stereocenters. The summed E-state index contributed by atoms with van der Waals surface area (Å²) < 4.78 is 11.6. The average molecular weight is 424 g/mol. The summed E-state index contributed by atoms with van der Waals surface area (Å²) in [6.07, 6.45) is 3.07. The summed E-state index contributed by atoms with van der Waals surface area (Å²) in [5.41, 5.74) is 10.0. The van der Waals surface area contributed by atoms with E-state index in [9.17, 15) is 9.59 Å². The van der Waals surface area contributed by atoms with Crippen LogP contribution in [0.15, 0.2) is 85.2 Å². The fourth-order valence-electron chi connectivity index (χ4n) is 4.53. The minimum Gasteiger partial charge on any atom is -0.451 e. The van der Waals surface area contributed by atoms with Crippen molar-refractivity contribution < 1.29 is 8.83 Å². The molecular formula is C26H20N2O4. The van der Waals surface area contributed by atoms with Gasteiger partial charge >= 0.3 is 5.76 Å². The molecule has 2 heterocycles. The van der Waals surface area contributed by atoms with E-state index in [0.29, 0.717) is 22.2 Å². The van der Waals surface area contributed by atoms with Crippen LogP contribution in [0.5, 0.6) is 0 Å². The standard InChI is InChI=1S/C26H20N2O4/c27-26(13-4-14-26)17-9-7-15(8-10-17)20-21(29)18-11-12-19-24(32-25(30)28-19)23(18)31-22(20)16-5-2-1-3-6-16/h1-3,5-12H,4,13-14,27H2,(H,28,30). The zero-order valence-corrected chi connectivity index (χ0v) is 17.2. The van der Waals surface area contributed by atoms with E-state index in [-0.39, 0.29) is 22.1 Å². The molecule has 0 amide bonds. The van der Waals surface area contributed by atoms with E-state index in [1.54, 1.807) is 12.1 Å². The van der Waals surface area contributed by atoms with Gasteiger partial charge in [0.15, 0.2) is 11.2 Å². The van der Waals surface area contributed by atoms with Crippen molar-refractivity contribution in [2.75, 3.05) is 0 Å². The molecule has 0 radical (unpaired) electrons. The van der Waals surface area contributed by atoms with Crippen LogP contribution >= 0.6 is 0 Å². The zero-order valence-electron chi connectivity index (χ0n) is 17.2. The quantitative estimate of drug-likeness (QED) is 0.429. The average Bonchev–Trinajstić information content (AvgIpc) is 3.19. The number of benzene rings is 3. The lowest BCUT2D eigenvalue weighted by atomic mass is 9.72. The number of hydrogen-bond acceptors (Lipinski definition) is 5. The van der Waals surface area contributed by atoms with Crippen LogP contribution in [0.3, 0.4) is 0 Å². The Morgan fingerprint density at radius 1 is 0.812 bits per heavy atom. The van der Waals surface area contributed by atoms with Gasteiger partial charge in [-0.25, -0.2) is 4.79 Å². The third-order valence-corrected chi connectivity index (χ3v) is 6.48. The highest BCUT2D eigenvalue weighted by molar-refractivity contribution is 6.01. The van der Waals surface area contributed by atoms with Gasteiger partial charge in [0.05, 0.1) is 16.5 Å². The van der Waals surface area contributed by atoms with E-state index in [1.807, 2.05) is 54.6 Å². The number of aromatic amines is 1. The van der Waals surface area contributed by atoms with Crippen molar-refractivity contribution in [3.8, 4) is 22.5 Å². The predicted molar refractivity (Wildman–Crippen MR) is 123 cm³/mol. The fourth-order valence-corrected chi connectivity index (χ4v) is 4.53. The normalized spacial score (nSPS) is 15.2. The molecule has 0 saturated heterocycles. The van der Waals surface area contributed by atoms with E-state index < -0.39 is 5.76 Å². The topological polar surface area (TPSA) is 102 Å². The molecule has 0 spiro atoms. The lowest BCUT2D eigenvalue weighted by molar-refractivity contribution is 0.253. The molecule has 2 aromatic heterocycles. The van der Waals surface area contributed by atoms with Crippen LogP contribution in [-0.2, 0) is 5.54 Å². The number of nitrogens with two attached hydrogens (primary N) is 1. The molecule has 3 aromatic carbocycles. The molecule has 3 N–H and O–H groups in total. The first-order valence-electron chi connectivity index (χ1n) is 10.6. The number of fused-ring (bicyclic) bond motifs is 3.